The summed E-state index contributed by atoms with van der Waals surface area (Å²) in [6, 6.07) is 13.1. The summed E-state index contributed by atoms with van der Waals surface area (Å²) in [6.45, 7) is 6.31. The molecule has 0 atom stereocenters. The number of hydrogen-bond acceptors (Lipinski definition) is 3. The molecule has 0 unspecified atom stereocenters. The van der Waals surface area contributed by atoms with Crippen molar-refractivity contribution >= 4 is 11.6 Å². The van der Waals surface area contributed by atoms with E-state index < -0.39 is 0 Å². The molecule has 0 aliphatic carbocycles. The topological polar surface area (TPSA) is 33.2 Å². The highest BCUT2D eigenvalue weighted by Crippen LogP contribution is 2.15. The molecular formula is C18H22N2O. The molecule has 21 heavy (non-hydrogen) atoms. The lowest BCUT2D eigenvalue weighted by molar-refractivity contribution is 0.103. The van der Waals surface area contributed by atoms with Crippen molar-refractivity contribution in [2.75, 3.05) is 18.0 Å². The smallest absolute Gasteiger partial charge is 0.194 e. The minimum absolute atomic E-state index is 0.0205. The SMILES string of the molecule is CCCN(CCC)c1ccc(C(=O)c2ccccc2)cn1. The molecule has 2 rings (SSSR count). The predicted octanol–water partition coefficient (Wildman–Crippen LogP) is 3.94. The first-order valence-electron chi connectivity index (χ1n) is 7.57. The molecule has 0 saturated heterocycles. The summed E-state index contributed by atoms with van der Waals surface area (Å²) in [5.41, 5.74) is 1.34. The lowest BCUT2D eigenvalue weighted by atomic mass is 10.1. The molecule has 1 heterocycles. The third-order valence-electron chi connectivity index (χ3n) is 3.36. The molecule has 1 aromatic carbocycles. The number of ketones is 1. The van der Waals surface area contributed by atoms with Crippen LogP contribution in [0.15, 0.2) is 48.7 Å². The van der Waals surface area contributed by atoms with Crippen LogP contribution in [-0.4, -0.2) is 23.9 Å². The molecule has 0 bridgehead atoms. The number of anilines is 1. The van der Waals surface area contributed by atoms with E-state index in [0.717, 1.165) is 31.7 Å². The molecule has 3 heteroatoms. The van der Waals surface area contributed by atoms with E-state index >= 15 is 0 Å². The van der Waals surface area contributed by atoms with Crippen LogP contribution in [0.2, 0.25) is 0 Å². The normalized spacial score (nSPS) is 10.4. The summed E-state index contributed by atoms with van der Waals surface area (Å²) in [5, 5.41) is 0. The third-order valence-corrected chi connectivity index (χ3v) is 3.36. The number of hydrogen-bond donors (Lipinski definition) is 0. The highest BCUT2D eigenvalue weighted by Gasteiger charge is 2.11. The number of aromatic nitrogens is 1. The fraction of sp³-hybridized carbons (Fsp3) is 0.333. The van der Waals surface area contributed by atoms with E-state index in [-0.39, 0.29) is 5.78 Å². The van der Waals surface area contributed by atoms with Crippen LogP contribution in [0.3, 0.4) is 0 Å². The molecule has 0 saturated carbocycles. The molecular weight excluding hydrogens is 260 g/mol. The molecule has 110 valence electrons. The Morgan fingerprint density at radius 2 is 1.62 bits per heavy atom. The van der Waals surface area contributed by atoms with E-state index in [2.05, 4.69) is 23.7 Å². The summed E-state index contributed by atoms with van der Waals surface area (Å²) in [5.74, 6) is 0.968. The largest absolute Gasteiger partial charge is 0.357 e. The van der Waals surface area contributed by atoms with Gasteiger partial charge in [0.25, 0.3) is 0 Å². The van der Waals surface area contributed by atoms with Gasteiger partial charge in [0, 0.05) is 30.4 Å². The van der Waals surface area contributed by atoms with E-state index in [0.29, 0.717) is 11.1 Å². The van der Waals surface area contributed by atoms with Gasteiger partial charge in [0.1, 0.15) is 5.82 Å². The van der Waals surface area contributed by atoms with Gasteiger partial charge in [-0.1, -0.05) is 44.2 Å². The van der Waals surface area contributed by atoms with Crippen molar-refractivity contribution in [3.05, 3.63) is 59.8 Å². The minimum Gasteiger partial charge on any atom is -0.357 e. The van der Waals surface area contributed by atoms with Crippen molar-refractivity contribution < 1.29 is 4.79 Å². The second-order valence-corrected chi connectivity index (χ2v) is 5.09. The van der Waals surface area contributed by atoms with Crippen LogP contribution in [0.5, 0.6) is 0 Å². The predicted molar refractivity (Wildman–Crippen MR) is 86.9 cm³/mol. The summed E-state index contributed by atoms with van der Waals surface area (Å²) >= 11 is 0. The van der Waals surface area contributed by atoms with E-state index in [1.807, 2.05) is 42.5 Å². The molecule has 0 amide bonds. The Morgan fingerprint density at radius 3 is 2.14 bits per heavy atom. The van der Waals surface area contributed by atoms with Crippen LogP contribution in [-0.2, 0) is 0 Å². The highest BCUT2D eigenvalue weighted by molar-refractivity contribution is 6.08. The highest BCUT2D eigenvalue weighted by atomic mass is 16.1. The maximum atomic E-state index is 12.3. The molecule has 2 aromatic rings. The van der Waals surface area contributed by atoms with Crippen LogP contribution in [0.1, 0.15) is 42.6 Å². The number of benzene rings is 1. The van der Waals surface area contributed by atoms with Crippen molar-refractivity contribution in [1.82, 2.24) is 4.98 Å². The molecule has 3 nitrogen and oxygen atoms in total. The zero-order chi connectivity index (χ0) is 15.1. The molecule has 1 aromatic heterocycles. The molecule has 0 fully saturated rings. The van der Waals surface area contributed by atoms with Gasteiger partial charge in [0.15, 0.2) is 5.78 Å². The van der Waals surface area contributed by atoms with Crippen molar-refractivity contribution in [1.29, 1.82) is 0 Å². The van der Waals surface area contributed by atoms with E-state index in [4.69, 9.17) is 0 Å². The van der Waals surface area contributed by atoms with Gasteiger partial charge in [-0.25, -0.2) is 4.98 Å². The first-order valence-corrected chi connectivity index (χ1v) is 7.57. The number of carbonyl (C=O) groups is 1. The van der Waals surface area contributed by atoms with Crippen molar-refractivity contribution in [2.24, 2.45) is 0 Å². The lowest BCUT2D eigenvalue weighted by Crippen LogP contribution is -2.25. The monoisotopic (exact) mass is 282 g/mol. The van der Waals surface area contributed by atoms with Gasteiger partial charge in [-0.3, -0.25) is 4.79 Å². The second kappa shape index (κ2) is 7.58. The fourth-order valence-corrected chi connectivity index (χ4v) is 2.34. The Kier molecular flexibility index (Phi) is 5.50. The van der Waals surface area contributed by atoms with Gasteiger partial charge in [0.2, 0.25) is 0 Å². The molecule has 0 N–H and O–H groups in total. The first kappa shape index (κ1) is 15.2. The van der Waals surface area contributed by atoms with Crippen LogP contribution >= 0.6 is 0 Å². The Balaban J connectivity index is 2.16. The second-order valence-electron chi connectivity index (χ2n) is 5.09. The van der Waals surface area contributed by atoms with Crippen molar-refractivity contribution in [3.8, 4) is 0 Å². The van der Waals surface area contributed by atoms with Gasteiger partial charge < -0.3 is 4.90 Å². The fourth-order valence-electron chi connectivity index (χ4n) is 2.34. The molecule has 0 aliphatic rings. The van der Waals surface area contributed by atoms with E-state index in [1.54, 1.807) is 6.20 Å². The average molecular weight is 282 g/mol. The van der Waals surface area contributed by atoms with Gasteiger partial charge in [0.05, 0.1) is 0 Å². The average Bonchev–Trinajstić information content (AvgIpc) is 2.55. The number of rotatable bonds is 7. The quantitative estimate of drug-likeness (QED) is 0.721. The number of carbonyl (C=O) groups excluding carboxylic acids is 1. The number of nitrogens with zero attached hydrogens (tertiary/aromatic N) is 2. The zero-order valence-electron chi connectivity index (χ0n) is 12.7. The first-order chi connectivity index (χ1) is 10.3. The van der Waals surface area contributed by atoms with Gasteiger partial charge in [-0.05, 0) is 25.0 Å². The zero-order valence-corrected chi connectivity index (χ0v) is 12.7. The maximum absolute atomic E-state index is 12.3. The van der Waals surface area contributed by atoms with Gasteiger partial charge in [-0.15, -0.1) is 0 Å². The molecule has 0 aliphatic heterocycles. The number of pyridine rings is 1. The van der Waals surface area contributed by atoms with Gasteiger partial charge in [-0.2, -0.15) is 0 Å². The van der Waals surface area contributed by atoms with Crippen LogP contribution in [0, 0.1) is 0 Å². The standard InChI is InChI=1S/C18H22N2O/c1-3-12-20(13-4-2)17-11-10-16(14-19-17)18(21)15-8-6-5-7-9-15/h5-11,14H,3-4,12-13H2,1-2H3. The van der Waals surface area contributed by atoms with E-state index in [9.17, 15) is 4.79 Å². The lowest BCUT2D eigenvalue weighted by Gasteiger charge is -2.22. The van der Waals surface area contributed by atoms with Crippen LogP contribution in [0.25, 0.3) is 0 Å². The molecule has 0 spiro atoms. The Morgan fingerprint density at radius 1 is 0.952 bits per heavy atom. The summed E-state index contributed by atoms with van der Waals surface area (Å²) in [4.78, 5) is 19.1. The molecule has 0 radical (unpaired) electrons. The Labute approximate surface area is 126 Å². The third kappa shape index (κ3) is 3.91. The van der Waals surface area contributed by atoms with Crippen molar-refractivity contribution in [3.63, 3.8) is 0 Å². The van der Waals surface area contributed by atoms with E-state index in [1.165, 1.54) is 0 Å². The van der Waals surface area contributed by atoms with Crippen molar-refractivity contribution in [2.45, 2.75) is 26.7 Å². The summed E-state index contributed by atoms with van der Waals surface area (Å²) < 4.78 is 0. The summed E-state index contributed by atoms with van der Waals surface area (Å²) in [6.07, 6.45) is 3.86. The van der Waals surface area contributed by atoms with Crippen LogP contribution < -0.4 is 4.90 Å². The van der Waals surface area contributed by atoms with Gasteiger partial charge >= 0.3 is 0 Å². The minimum atomic E-state index is 0.0205. The summed E-state index contributed by atoms with van der Waals surface area (Å²) in [7, 11) is 0. The van der Waals surface area contributed by atoms with Crippen LogP contribution in [0.4, 0.5) is 5.82 Å². The Bertz CT molecular complexity index is 558. The Hall–Kier alpha value is -2.16. The maximum Gasteiger partial charge on any atom is 0.194 e.